The average molecular weight is 440 g/mol. The van der Waals surface area contributed by atoms with Gasteiger partial charge in [-0.3, -0.25) is 9.59 Å². The van der Waals surface area contributed by atoms with Crippen molar-refractivity contribution in [2.24, 2.45) is 5.92 Å². The van der Waals surface area contributed by atoms with Gasteiger partial charge in [0.1, 0.15) is 0 Å². The molecule has 2 amide bonds. The summed E-state index contributed by atoms with van der Waals surface area (Å²) in [4.78, 5) is 26.6. The van der Waals surface area contributed by atoms with E-state index in [1.54, 1.807) is 6.08 Å². The fourth-order valence-corrected chi connectivity index (χ4v) is 4.39. The zero-order chi connectivity index (χ0) is 22.9. The van der Waals surface area contributed by atoms with Crippen LogP contribution in [-0.4, -0.2) is 60.1 Å². The fraction of sp³-hybridized carbons (Fsp3) is 0.538. The highest BCUT2D eigenvalue weighted by molar-refractivity contribution is 5.80. The van der Waals surface area contributed by atoms with Gasteiger partial charge in [-0.25, -0.2) is 0 Å². The fourth-order valence-electron chi connectivity index (χ4n) is 4.39. The smallest absolute Gasteiger partial charge is 0.226 e. The molecule has 3 rings (SSSR count). The van der Waals surface area contributed by atoms with Crippen molar-refractivity contribution < 1.29 is 14.7 Å². The van der Waals surface area contributed by atoms with Crippen molar-refractivity contribution in [3.8, 4) is 0 Å². The third-order valence-corrected chi connectivity index (χ3v) is 6.46. The maximum Gasteiger partial charge on any atom is 0.226 e. The zero-order valence-corrected chi connectivity index (χ0v) is 19.2. The van der Waals surface area contributed by atoms with Gasteiger partial charge in [-0.1, -0.05) is 49.9 Å². The van der Waals surface area contributed by atoms with Gasteiger partial charge in [0.05, 0.1) is 12.5 Å². The summed E-state index contributed by atoms with van der Waals surface area (Å²) in [6.45, 7) is 8.02. The van der Waals surface area contributed by atoms with Gasteiger partial charge in [-0.2, -0.15) is 0 Å². The monoisotopic (exact) mass is 439 g/mol. The molecule has 1 aliphatic carbocycles. The van der Waals surface area contributed by atoms with Crippen LogP contribution in [-0.2, 0) is 22.4 Å². The predicted molar refractivity (Wildman–Crippen MR) is 127 cm³/mol. The molecule has 6 heteroatoms. The SMILES string of the molecule is C=C/C(=C\CC(C)C(=O)NC[C@H](O)CNC1Cc2ccccc2C1)CC(=O)N1CCCC1. The van der Waals surface area contributed by atoms with Crippen molar-refractivity contribution in [3.63, 3.8) is 0 Å². The minimum Gasteiger partial charge on any atom is -0.390 e. The van der Waals surface area contributed by atoms with E-state index < -0.39 is 6.10 Å². The van der Waals surface area contributed by atoms with Crippen molar-refractivity contribution in [3.05, 3.63) is 59.7 Å². The number of carbonyl (C=O) groups is 2. The van der Waals surface area contributed by atoms with E-state index in [0.717, 1.165) is 44.3 Å². The summed E-state index contributed by atoms with van der Waals surface area (Å²) in [5, 5.41) is 16.5. The summed E-state index contributed by atoms with van der Waals surface area (Å²) in [5.74, 6) is -0.203. The van der Waals surface area contributed by atoms with Crippen LogP contribution in [0.2, 0.25) is 0 Å². The molecule has 0 radical (unpaired) electrons. The Morgan fingerprint density at radius 2 is 1.84 bits per heavy atom. The summed E-state index contributed by atoms with van der Waals surface area (Å²) < 4.78 is 0. The van der Waals surface area contributed by atoms with E-state index in [1.807, 2.05) is 17.9 Å². The number of carbonyl (C=O) groups excluding carboxylic acids is 2. The summed E-state index contributed by atoms with van der Waals surface area (Å²) >= 11 is 0. The lowest BCUT2D eigenvalue weighted by atomic mass is 10.0. The molecular weight excluding hydrogens is 402 g/mol. The van der Waals surface area contributed by atoms with Crippen molar-refractivity contribution >= 4 is 11.8 Å². The first-order valence-corrected chi connectivity index (χ1v) is 11.8. The maximum atomic E-state index is 12.4. The Bertz CT molecular complexity index is 804. The van der Waals surface area contributed by atoms with E-state index in [1.165, 1.54) is 11.1 Å². The summed E-state index contributed by atoms with van der Waals surface area (Å²) in [7, 11) is 0. The molecule has 1 fully saturated rings. The molecule has 2 aliphatic rings. The first-order valence-electron chi connectivity index (χ1n) is 11.8. The lowest BCUT2D eigenvalue weighted by molar-refractivity contribution is -0.129. The highest BCUT2D eigenvalue weighted by Gasteiger charge is 2.22. The number of hydrogen-bond acceptors (Lipinski definition) is 4. The number of nitrogens with zero attached hydrogens (tertiary/aromatic N) is 1. The molecule has 1 saturated heterocycles. The highest BCUT2D eigenvalue weighted by Crippen LogP contribution is 2.21. The number of amides is 2. The molecule has 1 aromatic carbocycles. The predicted octanol–water partition coefficient (Wildman–Crippen LogP) is 2.37. The lowest BCUT2D eigenvalue weighted by Crippen LogP contribution is -2.42. The first kappa shape index (κ1) is 24.2. The molecule has 1 heterocycles. The summed E-state index contributed by atoms with van der Waals surface area (Å²) in [6, 6.07) is 8.77. The van der Waals surface area contributed by atoms with Crippen molar-refractivity contribution in [2.45, 2.75) is 57.6 Å². The normalized spacial score (nSPS) is 18.3. The van der Waals surface area contributed by atoms with Crippen molar-refractivity contribution in [2.75, 3.05) is 26.2 Å². The van der Waals surface area contributed by atoms with E-state index in [-0.39, 0.29) is 24.3 Å². The molecule has 32 heavy (non-hydrogen) atoms. The van der Waals surface area contributed by atoms with Crippen LogP contribution in [0.5, 0.6) is 0 Å². The highest BCUT2D eigenvalue weighted by atomic mass is 16.3. The van der Waals surface area contributed by atoms with Gasteiger partial charge in [0, 0.05) is 38.1 Å². The number of likely N-dealkylation sites (tertiary alicyclic amines) is 1. The molecule has 6 nitrogen and oxygen atoms in total. The molecule has 0 aromatic heterocycles. The average Bonchev–Trinajstić information content (AvgIpc) is 3.48. The molecule has 1 unspecified atom stereocenters. The van der Waals surface area contributed by atoms with Gasteiger partial charge in [-0.05, 0) is 48.8 Å². The Labute approximate surface area is 191 Å². The van der Waals surface area contributed by atoms with E-state index in [9.17, 15) is 14.7 Å². The first-order chi connectivity index (χ1) is 15.5. The third-order valence-electron chi connectivity index (χ3n) is 6.46. The largest absolute Gasteiger partial charge is 0.390 e. The maximum absolute atomic E-state index is 12.4. The second-order valence-electron chi connectivity index (χ2n) is 9.07. The van der Waals surface area contributed by atoms with Crippen LogP contribution in [0.1, 0.15) is 43.7 Å². The molecular formula is C26H37N3O3. The Kier molecular flexibility index (Phi) is 9.06. The lowest BCUT2D eigenvalue weighted by Gasteiger charge is -2.18. The Morgan fingerprint density at radius 3 is 2.47 bits per heavy atom. The number of hydrogen-bond donors (Lipinski definition) is 3. The van der Waals surface area contributed by atoms with Crippen LogP contribution < -0.4 is 10.6 Å². The number of nitrogens with one attached hydrogen (secondary N) is 2. The van der Waals surface area contributed by atoms with Crippen LogP contribution >= 0.6 is 0 Å². The van der Waals surface area contributed by atoms with E-state index in [2.05, 4.69) is 41.5 Å². The van der Waals surface area contributed by atoms with Crippen LogP contribution in [0.15, 0.2) is 48.6 Å². The Morgan fingerprint density at radius 1 is 1.19 bits per heavy atom. The van der Waals surface area contributed by atoms with Gasteiger partial charge in [-0.15, -0.1) is 0 Å². The second-order valence-corrected chi connectivity index (χ2v) is 9.07. The standard InChI is InChI=1S/C26H37N3O3/c1-3-20(14-25(31)29-12-6-7-13-29)11-10-19(2)26(32)28-18-24(30)17-27-23-15-21-8-4-5-9-22(21)16-23/h3-5,8-9,11,19,23-24,27,30H,1,6-7,10,12-18H2,2H3,(H,28,32)/b20-11+/t19?,24-/m1/s1. The molecule has 3 N–H and O–H groups in total. The zero-order valence-electron chi connectivity index (χ0n) is 19.2. The number of aliphatic hydroxyl groups excluding tert-OH is 1. The van der Waals surface area contributed by atoms with Gasteiger partial charge < -0.3 is 20.6 Å². The molecule has 2 atom stereocenters. The molecule has 0 spiro atoms. The number of benzene rings is 1. The molecule has 0 bridgehead atoms. The van der Waals surface area contributed by atoms with E-state index in [4.69, 9.17) is 0 Å². The van der Waals surface area contributed by atoms with Crippen LogP contribution in [0.3, 0.4) is 0 Å². The van der Waals surface area contributed by atoms with Gasteiger partial charge in [0.15, 0.2) is 0 Å². The van der Waals surface area contributed by atoms with Crippen molar-refractivity contribution in [1.29, 1.82) is 0 Å². The summed E-state index contributed by atoms with van der Waals surface area (Å²) in [5.41, 5.74) is 3.61. The van der Waals surface area contributed by atoms with Gasteiger partial charge in [0.25, 0.3) is 0 Å². The number of allylic oxidation sites excluding steroid dienone is 2. The summed E-state index contributed by atoms with van der Waals surface area (Å²) in [6.07, 6.45) is 7.98. The van der Waals surface area contributed by atoms with E-state index >= 15 is 0 Å². The topological polar surface area (TPSA) is 81.7 Å². The van der Waals surface area contributed by atoms with Crippen LogP contribution in [0.4, 0.5) is 0 Å². The van der Waals surface area contributed by atoms with Gasteiger partial charge in [0.2, 0.25) is 11.8 Å². The van der Waals surface area contributed by atoms with Crippen LogP contribution in [0, 0.1) is 5.92 Å². The number of aliphatic hydroxyl groups is 1. The third kappa shape index (κ3) is 7.04. The molecule has 0 saturated carbocycles. The van der Waals surface area contributed by atoms with Crippen LogP contribution in [0.25, 0.3) is 0 Å². The number of rotatable bonds is 11. The molecule has 174 valence electrons. The minimum absolute atomic E-state index is 0.0946. The van der Waals surface area contributed by atoms with Gasteiger partial charge >= 0.3 is 0 Å². The molecule has 1 aromatic rings. The minimum atomic E-state index is -0.632. The Balaban J connectivity index is 1.34. The molecule has 1 aliphatic heterocycles. The Hall–Kier alpha value is -2.44. The second kappa shape index (κ2) is 12.0. The quantitative estimate of drug-likeness (QED) is 0.463. The van der Waals surface area contributed by atoms with E-state index in [0.29, 0.717) is 25.4 Å². The number of fused-ring (bicyclic) bond motifs is 1. The van der Waals surface area contributed by atoms with Crippen molar-refractivity contribution in [1.82, 2.24) is 15.5 Å².